The fourth-order valence-electron chi connectivity index (χ4n) is 2.64. The molecule has 0 aliphatic heterocycles. The largest absolute Gasteiger partial charge is 0.493 e. The summed E-state index contributed by atoms with van der Waals surface area (Å²) in [6, 6.07) is 15.7. The normalized spacial score (nSPS) is 11.6. The van der Waals surface area contributed by atoms with Crippen LogP contribution >= 0.6 is 0 Å². The highest BCUT2D eigenvalue weighted by molar-refractivity contribution is 5.70. The number of ether oxygens (including phenoxy) is 2. The number of methoxy groups -OCH3 is 1. The minimum Gasteiger partial charge on any atom is -0.493 e. The lowest BCUT2D eigenvalue weighted by atomic mass is 9.96. The van der Waals surface area contributed by atoms with Gasteiger partial charge in [-0.3, -0.25) is 4.79 Å². The van der Waals surface area contributed by atoms with Gasteiger partial charge in [-0.2, -0.15) is 0 Å². The van der Waals surface area contributed by atoms with Crippen molar-refractivity contribution in [1.29, 1.82) is 0 Å². The summed E-state index contributed by atoms with van der Waals surface area (Å²) in [5.74, 6) is -0.0172. The van der Waals surface area contributed by atoms with Crippen molar-refractivity contribution in [2.24, 2.45) is 5.92 Å². The first-order valence-corrected chi connectivity index (χ1v) is 8.31. The number of allylic oxidation sites excluding steroid dienone is 1. The zero-order valence-electron chi connectivity index (χ0n) is 14.5. The zero-order valence-corrected chi connectivity index (χ0v) is 14.5. The fourth-order valence-corrected chi connectivity index (χ4v) is 2.64. The summed E-state index contributed by atoms with van der Waals surface area (Å²) in [6.45, 7) is 4.16. The Balaban J connectivity index is 2.05. The van der Waals surface area contributed by atoms with Crippen molar-refractivity contribution in [3.05, 3.63) is 72.3 Å². The van der Waals surface area contributed by atoms with Gasteiger partial charge in [-0.1, -0.05) is 42.5 Å². The second kappa shape index (κ2) is 9.52. The summed E-state index contributed by atoms with van der Waals surface area (Å²) in [6.07, 6.45) is 3.30. The van der Waals surface area contributed by atoms with Crippen LogP contribution < -0.4 is 9.47 Å². The molecule has 1 atom stereocenters. The summed E-state index contributed by atoms with van der Waals surface area (Å²) in [5, 5.41) is 9.30. The molecule has 4 nitrogen and oxygen atoms in total. The third-order valence-corrected chi connectivity index (χ3v) is 4.00. The highest BCUT2D eigenvalue weighted by atomic mass is 16.5. The molecule has 1 N–H and O–H groups in total. The average molecular weight is 340 g/mol. The van der Waals surface area contributed by atoms with Gasteiger partial charge in [0.25, 0.3) is 0 Å². The predicted molar refractivity (Wildman–Crippen MR) is 98.3 cm³/mol. The van der Waals surface area contributed by atoms with Gasteiger partial charge in [-0.25, -0.2) is 0 Å². The van der Waals surface area contributed by atoms with Gasteiger partial charge in [0.05, 0.1) is 19.6 Å². The molecule has 4 heteroatoms. The van der Waals surface area contributed by atoms with Crippen molar-refractivity contribution in [3.8, 4) is 11.5 Å². The van der Waals surface area contributed by atoms with E-state index in [-0.39, 0.29) is 0 Å². The van der Waals surface area contributed by atoms with E-state index in [0.29, 0.717) is 30.9 Å². The molecular weight excluding hydrogens is 316 g/mol. The van der Waals surface area contributed by atoms with Crippen LogP contribution in [0.4, 0.5) is 0 Å². The van der Waals surface area contributed by atoms with Crippen LogP contribution in [0, 0.1) is 5.92 Å². The molecule has 2 aromatic rings. The summed E-state index contributed by atoms with van der Waals surface area (Å²) in [4.78, 5) is 11.3. The molecule has 0 aliphatic carbocycles. The molecule has 1 unspecified atom stereocenters. The molecule has 0 fully saturated rings. The Morgan fingerprint density at radius 3 is 2.56 bits per heavy atom. The minimum atomic E-state index is -0.817. The van der Waals surface area contributed by atoms with E-state index >= 15 is 0 Å². The summed E-state index contributed by atoms with van der Waals surface area (Å²) >= 11 is 0. The average Bonchev–Trinajstić information content (AvgIpc) is 2.62. The van der Waals surface area contributed by atoms with Crippen molar-refractivity contribution < 1.29 is 19.4 Å². The van der Waals surface area contributed by atoms with E-state index < -0.39 is 11.9 Å². The van der Waals surface area contributed by atoms with E-state index in [2.05, 4.69) is 18.7 Å². The molecule has 0 radical (unpaired) electrons. The maximum atomic E-state index is 11.3. The first kappa shape index (κ1) is 18.6. The van der Waals surface area contributed by atoms with Crippen molar-refractivity contribution in [1.82, 2.24) is 0 Å². The Morgan fingerprint density at radius 1 is 1.16 bits per heavy atom. The van der Waals surface area contributed by atoms with Crippen molar-refractivity contribution in [2.45, 2.75) is 19.3 Å². The van der Waals surface area contributed by atoms with Gasteiger partial charge in [0, 0.05) is 6.42 Å². The fraction of sp³-hybridized carbons (Fsp3) is 0.286. The molecule has 132 valence electrons. The highest BCUT2D eigenvalue weighted by Crippen LogP contribution is 2.29. The molecule has 2 rings (SSSR count). The summed E-state index contributed by atoms with van der Waals surface area (Å²) in [5.41, 5.74) is 2.11. The molecule has 0 aromatic heterocycles. The second-order valence-electron chi connectivity index (χ2n) is 5.83. The lowest BCUT2D eigenvalue weighted by Crippen LogP contribution is -2.15. The third kappa shape index (κ3) is 5.68. The van der Waals surface area contributed by atoms with Gasteiger partial charge in [0.15, 0.2) is 11.5 Å². The van der Waals surface area contributed by atoms with Gasteiger partial charge < -0.3 is 14.6 Å². The van der Waals surface area contributed by atoms with Crippen LogP contribution in [-0.2, 0) is 17.6 Å². The number of aliphatic carboxylic acids is 1. The van der Waals surface area contributed by atoms with Crippen LogP contribution in [0.15, 0.2) is 61.2 Å². The molecule has 0 heterocycles. The minimum absolute atomic E-state index is 0.431. The maximum Gasteiger partial charge on any atom is 0.307 e. The Hall–Kier alpha value is -2.75. The third-order valence-electron chi connectivity index (χ3n) is 4.00. The SMILES string of the molecule is C=CCC(Cc1ccc(OC)c(OCCc2ccccc2)c1)C(=O)O. The van der Waals surface area contributed by atoms with Gasteiger partial charge in [-0.05, 0) is 36.1 Å². The number of carboxylic acid groups (broad SMARTS) is 1. The summed E-state index contributed by atoms with van der Waals surface area (Å²) in [7, 11) is 1.59. The van der Waals surface area contributed by atoms with Crippen LogP contribution in [0.3, 0.4) is 0 Å². The molecule has 0 aliphatic rings. The van der Waals surface area contributed by atoms with Crippen LogP contribution in [0.1, 0.15) is 17.5 Å². The van der Waals surface area contributed by atoms with E-state index in [4.69, 9.17) is 9.47 Å². The Morgan fingerprint density at radius 2 is 1.92 bits per heavy atom. The quantitative estimate of drug-likeness (QED) is 0.661. The van der Waals surface area contributed by atoms with Crippen LogP contribution in [0.5, 0.6) is 11.5 Å². The maximum absolute atomic E-state index is 11.3. The number of carbonyl (C=O) groups is 1. The number of hydrogen-bond acceptors (Lipinski definition) is 3. The van der Waals surface area contributed by atoms with E-state index in [0.717, 1.165) is 12.0 Å². The lowest BCUT2D eigenvalue weighted by molar-refractivity contribution is -0.141. The first-order valence-electron chi connectivity index (χ1n) is 8.31. The van der Waals surface area contributed by atoms with Gasteiger partial charge >= 0.3 is 5.97 Å². The molecular formula is C21H24O4. The molecule has 0 amide bonds. The van der Waals surface area contributed by atoms with Crippen molar-refractivity contribution >= 4 is 5.97 Å². The molecule has 25 heavy (non-hydrogen) atoms. The van der Waals surface area contributed by atoms with Crippen molar-refractivity contribution in [3.63, 3.8) is 0 Å². The molecule has 0 bridgehead atoms. The van der Waals surface area contributed by atoms with Gasteiger partial charge in [-0.15, -0.1) is 6.58 Å². The predicted octanol–water partition coefficient (Wildman–Crippen LogP) is 4.14. The van der Waals surface area contributed by atoms with E-state index in [9.17, 15) is 9.90 Å². The van der Waals surface area contributed by atoms with E-state index in [1.165, 1.54) is 5.56 Å². The smallest absolute Gasteiger partial charge is 0.307 e. The number of benzene rings is 2. The number of rotatable bonds is 10. The Kier molecular flexibility index (Phi) is 7.08. The van der Waals surface area contributed by atoms with Gasteiger partial charge in [0.1, 0.15) is 0 Å². The molecule has 2 aromatic carbocycles. The van der Waals surface area contributed by atoms with Crippen LogP contribution in [-0.4, -0.2) is 24.8 Å². The number of carboxylic acids is 1. The van der Waals surface area contributed by atoms with Crippen molar-refractivity contribution in [2.75, 3.05) is 13.7 Å². The second-order valence-corrected chi connectivity index (χ2v) is 5.83. The highest BCUT2D eigenvalue weighted by Gasteiger charge is 2.17. The summed E-state index contributed by atoms with van der Waals surface area (Å²) < 4.78 is 11.2. The number of hydrogen-bond donors (Lipinski definition) is 1. The van der Waals surface area contributed by atoms with Gasteiger partial charge in [0.2, 0.25) is 0 Å². The standard InChI is InChI=1S/C21H24O4/c1-3-7-18(21(22)23)14-17-10-11-19(24-2)20(15-17)25-13-12-16-8-5-4-6-9-16/h3-6,8-11,15,18H,1,7,12-14H2,2H3,(H,22,23). The molecule has 0 spiro atoms. The van der Waals surface area contributed by atoms with E-state index in [1.54, 1.807) is 13.2 Å². The lowest BCUT2D eigenvalue weighted by Gasteiger charge is -2.14. The Bertz CT molecular complexity index is 694. The van der Waals surface area contributed by atoms with Crippen LogP contribution in [0.25, 0.3) is 0 Å². The molecule has 0 saturated heterocycles. The van der Waals surface area contributed by atoms with E-state index in [1.807, 2.05) is 36.4 Å². The first-order chi connectivity index (χ1) is 12.1. The molecule has 0 saturated carbocycles. The van der Waals surface area contributed by atoms with Crippen LogP contribution in [0.2, 0.25) is 0 Å². The topological polar surface area (TPSA) is 55.8 Å². The monoisotopic (exact) mass is 340 g/mol. The zero-order chi connectivity index (χ0) is 18.1. The Labute approximate surface area is 148 Å².